The lowest BCUT2D eigenvalue weighted by molar-refractivity contribution is -0.150. The topological polar surface area (TPSA) is 66.4 Å². The first-order valence-corrected chi connectivity index (χ1v) is 4.77. The molecule has 0 spiro atoms. The van der Waals surface area contributed by atoms with Gasteiger partial charge in [-0.1, -0.05) is 12.1 Å². The quantitative estimate of drug-likeness (QED) is 0.753. The lowest BCUT2D eigenvalue weighted by Crippen LogP contribution is -2.38. The van der Waals surface area contributed by atoms with Crippen LogP contribution in [0.5, 0.6) is 0 Å². The van der Waals surface area contributed by atoms with Crippen molar-refractivity contribution in [2.45, 2.75) is 19.4 Å². The second-order valence-electron chi connectivity index (χ2n) is 3.51. The summed E-state index contributed by atoms with van der Waals surface area (Å²) in [4.78, 5) is 21.1. The maximum atomic E-state index is 12.6. The summed E-state index contributed by atoms with van der Waals surface area (Å²) in [5.74, 6) is -2.87. The van der Waals surface area contributed by atoms with Gasteiger partial charge in [0.15, 0.2) is 0 Å². The summed E-state index contributed by atoms with van der Waals surface area (Å²) in [7, 11) is 0. The van der Waals surface area contributed by atoms with E-state index < -0.39 is 11.9 Å². The third-order valence-corrected chi connectivity index (χ3v) is 2.03. The van der Waals surface area contributed by atoms with Gasteiger partial charge in [0.05, 0.1) is 0 Å². The molecular weight excluding hydrogens is 213 g/mol. The number of amides is 1. The van der Waals surface area contributed by atoms with Crippen LogP contribution in [0.15, 0.2) is 24.3 Å². The van der Waals surface area contributed by atoms with Gasteiger partial charge in [0.2, 0.25) is 0 Å². The number of benzene rings is 1. The Bertz CT molecular complexity index is 389. The monoisotopic (exact) mass is 225 g/mol. The number of halogens is 1. The summed E-state index contributed by atoms with van der Waals surface area (Å²) >= 11 is 0. The molecule has 2 N–H and O–H groups in total. The molecule has 0 fully saturated rings. The molecule has 1 rings (SSSR count). The summed E-state index contributed by atoms with van der Waals surface area (Å²) in [5.41, 5.74) is 0.833. The summed E-state index contributed by atoms with van der Waals surface area (Å²) in [6.07, 6.45) is 0.458. The van der Waals surface area contributed by atoms with Crippen molar-refractivity contribution in [3.8, 4) is 0 Å². The Morgan fingerprint density at radius 3 is 2.44 bits per heavy atom. The molecule has 0 heterocycles. The standard InChI is InChI=1S/C11H12FNO3/c1-7(13-10(14)11(15)16)6-8-2-4-9(12)5-3-8/h2-5,7H,6H2,1H3,(H,13,14)(H,15,16). The molecule has 0 bridgehead atoms. The second kappa shape index (κ2) is 5.25. The smallest absolute Gasteiger partial charge is 0.394 e. The number of aliphatic carboxylic acids is 1. The largest absolute Gasteiger partial charge is 0.474 e. The summed E-state index contributed by atoms with van der Waals surface area (Å²) < 4.78 is 12.6. The summed E-state index contributed by atoms with van der Waals surface area (Å²) in [6.45, 7) is 1.68. The van der Waals surface area contributed by atoms with E-state index in [2.05, 4.69) is 5.32 Å². The van der Waals surface area contributed by atoms with E-state index in [-0.39, 0.29) is 11.9 Å². The van der Waals surface area contributed by atoms with Crippen LogP contribution in [0.25, 0.3) is 0 Å². The highest BCUT2D eigenvalue weighted by Gasteiger charge is 2.14. The highest BCUT2D eigenvalue weighted by atomic mass is 19.1. The number of carbonyl (C=O) groups is 2. The second-order valence-corrected chi connectivity index (χ2v) is 3.51. The number of nitrogens with one attached hydrogen (secondary N) is 1. The Morgan fingerprint density at radius 1 is 1.38 bits per heavy atom. The van der Waals surface area contributed by atoms with Crippen LogP contribution in [-0.4, -0.2) is 23.0 Å². The van der Waals surface area contributed by atoms with Crippen LogP contribution >= 0.6 is 0 Å². The van der Waals surface area contributed by atoms with Crippen molar-refractivity contribution < 1.29 is 19.1 Å². The molecule has 0 aliphatic carbocycles. The van der Waals surface area contributed by atoms with Crippen LogP contribution in [0, 0.1) is 5.82 Å². The molecule has 0 aliphatic heterocycles. The molecular formula is C11H12FNO3. The van der Waals surface area contributed by atoms with Crippen LogP contribution in [0.2, 0.25) is 0 Å². The van der Waals surface area contributed by atoms with E-state index in [4.69, 9.17) is 5.11 Å². The SMILES string of the molecule is CC(Cc1ccc(F)cc1)NC(=O)C(=O)O. The predicted molar refractivity (Wildman–Crippen MR) is 55.3 cm³/mol. The van der Waals surface area contributed by atoms with Gasteiger partial charge in [0.1, 0.15) is 5.82 Å². The van der Waals surface area contributed by atoms with Crippen molar-refractivity contribution in [2.24, 2.45) is 0 Å². The van der Waals surface area contributed by atoms with Gasteiger partial charge in [-0.2, -0.15) is 0 Å². The molecule has 1 amide bonds. The number of hydrogen-bond donors (Lipinski definition) is 2. The Morgan fingerprint density at radius 2 is 1.94 bits per heavy atom. The zero-order valence-corrected chi connectivity index (χ0v) is 8.74. The summed E-state index contributed by atoms with van der Waals surface area (Å²) in [6, 6.07) is 5.52. The number of hydrogen-bond acceptors (Lipinski definition) is 2. The number of carboxylic acids is 1. The van der Waals surface area contributed by atoms with Crippen LogP contribution in [0.3, 0.4) is 0 Å². The van der Waals surface area contributed by atoms with Gasteiger partial charge in [-0.25, -0.2) is 9.18 Å². The van der Waals surface area contributed by atoms with Crippen molar-refractivity contribution in [3.05, 3.63) is 35.6 Å². The van der Waals surface area contributed by atoms with E-state index in [1.807, 2.05) is 0 Å². The van der Waals surface area contributed by atoms with Gasteiger partial charge >= 0.3 is 11.9 Å². The van der Waals surface area contributed by atoms with Gasteiger partial charge in [-0.3, -0.25) is 4.79 Å². The first-order valence-electron chi connectivity index (χ1n) is 4.77. The molecule has 0 aliphatic rings. The normalized spacial score (nSPS) is 11.9. The van der Waals surface area contributed by atoms with Gasteiger partial charge in [0, 0.05) is 6.04 Å². The third kappa shape index (κ3) is 3.68. The molecule has 0 radical (unpaired) electrons. The predicted octanol–water partition coefficient (Wildman–Crippen LogP) is 0.958. The van der Waals surface area contributed by atoms with Crippen LogP contribution < -0.4 is 5.32 Å². The van der Waals surface area contributed by atoms with Crippen molar-refractivity contribution >= 4 is 11.9 Å². The summed E-state index contributed by atoms with van der Waals surface area (Å²) in [5, 5.41) is 10.7. The number of carbonyl (C=O) groups excluding carboxylic acids is 1. The minimum atomic E-state index is -1.51. The van der Waals surface area contributed by atoms with Crippen LogP contribution in [0.4, 0.5) is 4.39 Å². The maximum absolute atomic E-state index is 12.6. The molecule has 4 nitrogen and oxygen atoms in total. The molecule has 1 aromatic carbocycles. The Labute approximate surface area is 92.1 Å². The lowest BCUT2D eigenvalue weighted by atomic mass is 10.1. The fourth-order valence-corrected chi connectivity index (χ4v) is 1.31. The van der Waals surface area contributed by atoms with Crippen LogP contribution in [0.1, 0.15) is 12.5 Å². The third-order valence-electron chi connectivity index (χ3n) is 2.03. The molecule has 0 aromatic heterocycles. The molecule has 5 heteroatoms. The van der Waals surface area contributed by atoms with Gasteiger partial charge in [-0.05, 0) is 31.0 Å². The Balaban J connectivity index is 2.51. The Kier molecular flexibility index (Phi) is 3.99. The van der Waals surface area contributed by atoms with Gasteiger partial charge in [0.25, 0.3) is 0 Å². The van der Waals surface area contributed by atoms with Gasteiger partial charge in [-0.15, -0.1) is 0 Å². The highest BCUT2D eigenvalue weighted by Crippen LogP contribution is 2.05. The van der Waals surface area contributed by atoms with Crippen LogP contribution in [-0.2, 0) is 16.0 Å². The van der Waals surface area contributed by atoms with Gasteiger partial charge < -0.3 is 10.4 Å². The molecule has 0 saturated carbocycles. The maximum Gasteiger partial charge on any atom is 0.394 e. The zero-order chi connectivity index (χ0) is 12.1. The molecule has 1 atom stereocenters. The minimum absolute atomic E-state index is 0.311. The van der Waals surface area contributed by atoms with E-state index in [1.165, 1.54) is 12.1 Å². The number of carboxylic acid groups (broad SMARTS) is 1. The first kappa shape index (κ1) is 12.2. The average Bonchev–Trinajstić information content (AvgIpc) is 2.21. The Hall–Kier alpha value is -1.91. The molecule has 1 aromatic rings. The van der Waals surface area contributed by atoms with Crippen molar-refractivity contribution in [2.75, 3.05) is 0 Å². The van der Waals surface area contributed by atoms with Crippen molar-refractivity contribution in [1.82, 2.24) is 5.32 Å². The first-order chi connectivity index (χ1) is 7.49. The minimum Gasteiger partial charge on any atom is -0.474 e. The number of rotatable bonds is 3. The highest BCUT2D eigenvalue weighted by molar-refractivity contribution is 6.31. The van der Waals surface area contributed by atoms with Crippen molar-refractivity contribution in [3.63, 3.8) is 0 Å². The van der Waals surface area contributed by atoms with E-state index in [0.717, 1.165) is 5.56 Å². The fourth-order valence-electron chi connectivity index (χ4n) is 1.31. The molecule has 16 heavy (non-hydrogen) atoms. The zero-order valence-electron chi connectivity index (χ0n) is 8.74. The van der Waals surface area contributed by atoms with E-state index in [1.54, 1.807) is 19.1 Å². The van der Waals surface area contributed by atoms with E-state index in [0.29, 0.717) is 6.42 Å². The lowest BCUT2D eigenvalue weighted by Gasteiger charge is -2.11. The molecule has 0 saturated heterocycles. The van der Waals surface area contributed by atoms with E-state index in [9.17, 15) is 14.0 Å². The average molecular weight is 225 g/mol. The fraction of sp³-hybridized carbons (Fsp3) is 0.273. The van der Waals surface area contributed by atoms with E-state index >= 15 is 0 Å². The molecule has 1 unspecified atom stereocenters. The van der Waals surface area contributed by atoms with Crippen molar-refractivity contribution in [1.29, 1.82) is 0 Å². The molecule has 86 valence electrons.